The molecule has 21 heavy (non-hydrogen) atoms. The first kappa shape index (κ1) is 13.8. The van der Waals surface area contributed by atoms with Gasteiger partial charge in [0.05, 0.1) is 11.4 Å². The Kier molecular flexibility index (Phi) is 4.02. The Hall–Kier alpha value is -2.13. The molecule has 3 heteroatoms. The number of hydrogen-bond acceptors (Lipinski definition) is 3. The van der Waals surface area contributed by atoms with Crippen molar-refractivity contribution in [1.29, 1.82) is 0 Å². The third-order valence-electron chi connectivity index (χ3n) is 3.31. The second-order valence-electron chi connectivity index (χ2n) is 4.86. The maximum atomic E-state index is 4.63. The van der Waals surface area contributed by atoms with Crippen LogP contribution in [0.2, 0.25) is 0 Å². The van der Waals surface area contributed by atoms with E-state index >= 15 is 0 Å². The van der Waals surface area contributed by atoms with Crippen LogP contribution in [0.5, 0.6) is 0 Å². The van der Waals surface area contributed by atoms with Crippen molar-refractivity contribution in [2.45, 2.75) is 12.1 Å². The first-order valence-corrected chi connectivity index (χ1v) is 8.04. The van der Waals surface area contributed by atoms with Crippen LogP contribution < -0.4 is 0 Å². The van der Waals surface area contributed by atoms with Gasteiger partial charge in [-0.3, -0.25) is 0 Å². The molecular formula is C18H16N2S. The zero-order valence-corrected chi connectivity index (χ0v) is 12.9. The third kappa shape index (κ3) is 3.14. The molecule has 0 atom stereocenters. The third-order valence-corrected chi connectivity index (χ3v) is 3.85. The summed E-state index contributed by atoms with van der Waals surface area (Å²) < 4.78 is 0. The van der Waals surface area contributed by atoms with Crippen molar-refractivity contribution in [1.82, 2.24) is 9.97 Å². The number of thioether (sulfide) groups is 1. The molecule has 3 rings (SSSR count). The van der Waals surface area contributed by atoms with E-state index in [1.165, 1.54) is 5.56 Å². The van der Waals surface area contributed by atoms with Crippen molar-refractivity contribution in [2.24, 2.45) is 0 Å². The number of aryl methyl sites for hydroxylation is 1. The van der Waals surface area contributed by atoms with Gasteiger partial charge >= 0.3 is 0 Å². The summed E-state index contributed by atoms with van der Waals surface area (Å²) in [7, 11) is 0. The average Bonchev–Trinajstić information content (AvgIpc) is 2.56. The standard InChI is InChI=1S/C18H16N2S/c1-13-8-10-15(11-9-13)17-12-16(19-18(20-17)21-2)14-6-4-3-5-7-14/h3-12H,1-2H3. The lowest BCUT2D eigenvalue weighted by Gasteiger charge is -2.07. The van der Waals surface area contributed by atoms with Gasteiger partial charge in [-0.25, -0.2) is 9.97 Å². The van der Waals surface area contributed by atoms with Gasteiger partial charge < -0.3 is 0 Å². The second kappa shape index (κ2) is 6.10. The van der Waals surface area contributed by atoms with E-state index in [0.717, 1.165) is 27.7 Å². The van der Waals surface area contributed by atoms with Gasteiger partial charge in [-0.2, -0.15) is 0 Å². The molecule has 0 fully saturated rings. The monoisotopic (exact) mass is 292 g/mol. The van der Waals surface area contributed by atoms with Gasteiger partial charge in [-0.05, 0) is 19.2 Å². The van der Waals surface area contributed by atoms with Crippen molar-refractivity contribution < 1.29 is 0 Å². The van der Waals surface area contributed by atoms with Gasteiger partial charge in [0.15, 0.2) is 5.16 Å². The van der Waals surface area contributed by atoms with E-state index in [1.54, 1.807) is 11.8 Å². The fraction of sp³-hybridized carbons (Fsp3) is 0.111. The van der Waals surface area contributed by atoms with Gasteiger partial charge in [0.1, 0.15) is 0 Å². The molecule has 104 valence electrons. The van der Waals surface area contributed by atoms with Crippen LogP contribution in [0, 0.1) is 6.92 Å². The largest absolute Gasteiger partial charge is 0.222 e. The Bertz CT molecular complexity index is 737. The van der Waals surface area contributed by atoms with E-state index in [9.17, 15) is 0 Å². The summed E-state index contributed by atoms with van der Waals surface area (Å²) in [6.07, 6.45) is 2.00. The highest BCUT2D eigenvalue weighted by atomic mass is 32.2. The molecule has 0 unspecified atom stereocenters. The Morgan fingerprint density at radius 1 is 0.762 bits per heavy atom. The molecule has 3 aromatic rings. The Labute approximate surface area is 129 Å². The second-order valence-corrected chi connectivity index (χ2v) is 5.63. The molecule has 0 aliphatic heterocycles. The summed E-state index contributed by atoms with van der Waals surface area (Å²) in [6.45, 7) is 2.09. The quantitative estimate of drug-likeness (QED) is 0.510. The highest BCUT2D eigenvalue weighted by Crippen LogP contribution is 2.26. The summed E-state index contributed by atoms with van der Waals surface area (Å²) in [5.74, 6) is 0. The fourth-order valence-corrected chi connectivity index (χ4v) is 2.52. The smallest absolute Gasteiger partial charge is 0.188 e. The lowest BCUT2D eigenvalue weighted by atomic mass is 10.1. The van der Waals surface area contributed by atoms with Crippen LogP contribution in [0.1, 0.15) is 5.56 Å². The first-order valence-electron chi connectivity index (χ1n) is 6.82. The average molecular weight is 292 g/mol. The van der Waals surface area contributed by atoms with Crippen LogP contribution in [0.15, 0.2) is 65.8 Å². The van der Waals surface area contributed by atoms with Crippen LogP contribution >= 0.6 is 11.8 Å². The molecule has 0 aliphatic carbocycles. The molecular weight excluding hydrogens is 276 g/mol. The van der Waals surface area contributed by atoms with E-state index in [4.69, 9.17) is 0 Å². The summed E-state index contributed by atoms with van der Waals surface area (Å²) in [5, 5.41) is 0.798. The van der Waals surface area contributed by atoms with Crippen LogP contribution in [0.3, 0.4) is 0 Å². The lowest BCUT2D eigenvalue weighted by Crippen LogP contribution is -1.93. The first-order chi connectivity index (χ1) is 10.3. The van der Waals surface area contributed by atoms with E-state index in [1.807, 2.05) is 24.5 Å². The maximum Gasteiger partial charge on any atom is 0.188 e. The minimum atomic E-state index is 0.798. The van der Waals surface area contributed by atoms with Gasteiger partial charge in [-0.1, -0.05) is 71.9 Å². The molecule has 0 saturated carbocycles. The minimum absolute atomic E-state index is 0.798. The van der Waals surface area contributed by atoms with Crippen LogP contribution in [-0.4, -0.2) is 16.2 Å². The number of rotatable bonds is 3. The van der Waals surface area contributed by atoms with Gasteiger partial charge in [0.2, 0.25) is 0 Å². The van der Waals surface area contributed by atoms with Gasteiger partial charge in [0, 0.05) is 11.1 Å². The normalized spacial score (nSPS) is 10.6. The number of benzene rings is 2. The maximum absolute atomic E-state index is 4.63. The van der Waals surface area contributed by atoms with Crippen LogP contribution in [0.25, 0.3) is 22.5 Å². The highest BCUT2D eigenvalue weighted by molar-refractivity contribution is 7.98. The molecule has 1 heterocycles. The van der Waals surface area contributed by atoms with E-state index in [2.05, 4.69) is 59.4 Å². The topological polar surface area (TPSA) is 25.8 Å². The zero-order chi connectivity index (χ0) is 14.7. The van der Waals surface area contributed by atoms with Gasteiger partial charge in [0.25, 0.3) is 0 Å². The van der Waals surface area contributed by atoms with E-state index < -0.39 is 0 Å². The molecule has 0 aliphatic rings. The lowest BCUT2D eigenvalue weighted by molar-refractivity contribution is 0.982. The number of hydrogen-bond donors (Lipinski definition) is 0. The number of nitrogens with zero attached hydrogens (tertiary/aromatic N) is 2. The summed E-state index contributed by atoms with van der Waals surface area (Å²) in [6, 6.07) is 20.7. The molecule has 0 spiro atoms. The molecule has 2 aromatic carbocycles. The Morgan fingerprint density at radius 3 is 1.90 bits per heavy atom. The predicted octanol–water partition coefficient (Wildman–Crippen LogP) is 4.84. The van der Waals surface area contributed by atoms with Crippen molar-refractivity contribution >= 4 is 11.8 Å². The van der Waals surface area contributed by atoms with Crippen molar-refractivity contribution in [3.8, 4) is 22.5 Å². The summed E-state index contributed by atoms with van der Waals surface area (Å²) in [5.41, 5.74) is 5.42. The SMILES string of the molecule is CSc1nc(-c2ccccc2)cc(-c2ccc(C)cc2)n1. The molecule has 0 amide bonds. The molecule has 0 bridgehead atoms. The molecule has 2 nitrogen and oxygen atoms in total. The van der Waals surface area contributed by atoms with Gasteiger partial charge in [-0.15, -0.1) is 0 Å². The zero-order valence-electron chi connectivity index (χ0n) is 12.1. The Morgan fingerprint density at radius 2 is 1.33 bits per heavy atom. The minimum Gasteiger partial charge on any atom is -0.222 e. The molecule has 1 aromatic heterocycles. The number of aromatic nitrogens is 2. The molecule has 0 saturated heterocycles. The van der Waals surface area contributed by atoms with Crippen molar-refractivity contribution in [3.63, 3.8) is 0 Å². The fourth-order valence-electron chi connectivity index (χ4n) is 2.15. The van der Waals surface area contributed by atoms with Crippen LogP contribution in [0.4, 0.5) is 0 Å². The molecule has 0 radical (unpaired) electrons. The van der Waals surface area contributed by atoms with E-state index in [-0.39, 0.29) is 0 Å². The highest BCUT2D eigenvalue weighted by Gasteiger charge is 2.07. The summed E-state index contributed by atoms with van der Waals surface area (Å²) >= 11 is 1.57. The van der Waals surface area contributed by atoms with Crippen LogP contribution in [-0.2, 0) is 0 Å². The molecule has 0 N–H and O–H groups in total. The van der Waals surface area contributed by atoms with Crippen molar-refractivity contribution in [2.75, 3.05) is 6.26 Å². The summed E-state index contributed by atoms with van der Waals surface area (Å²) in [4.78, 5) is 9.25. The predicted molar refractivity (Wildman–Crippen MR) is 89.4 cm³/mol. The van der Waals surface area contributed by atoms with Crippen molar-refractivity contribution in [3.05, 3.63) is 66.2 Å². The van der Waals surface area contributed by atoms with E-state index in [0.29, 0.717) is 0 Å². The Balaban J connectivity index is 2.11.